The van der Waals surface area contributed by atoms with Crippen molar-refractivity contribution in [3.05, 3.63) is 28.7 Å². The van der Waals surface area contributed by atoms with E-state index in [1.165, 1.54) is 29.8 Å². The second-order valence-corrected chi connectivity index (χ2v) is 5.70. The third-order valence-electron chi connectivity index (χ3n) is 2.12. The predicted octanol–water partition coefficient (Wildman–Crippen LogP) is 0.256. The summed E-state index contributed by atoms with van der Waals surface area (Å²) >= 11 is 0. The zero-order valence-electron chi connectivity index (χ0n) is 8.08. The van der Waals surface area contributed by atoms with Crippen molar-refractivity contribution in [3.8, 4) is 0 Å². The molecule has 1 aromatic carbocycles. The number of rotatable bonds is 1. The molecule has 0 amide bonds. The molecule has 0 aliphatic heterocycles. The van der Waals surface area contributed by atoms with Gasteiger partial charge in [0.05, 0.1) is 10.4 Å². The van der Waals surface area contributed by atoms with E-state index in [1.807, 2.05) is 0 Å². The molecule has 8 heteroatoms. The molecule has 6 nitrogen and oxygen atoms in total. The highest BCUT2D eigenvalue weighted by Gasteiger charge is 2.12. The summed E-state index contributed by atoms with van der Waals surface area (Å²) in [7, 11) is 2.91. The van der Waals surface area contributed by atoms with Gasteiger partial charge >= 0.3 is 5.69 Å². The van der Waals surface area contributed by atoms with E-state index in [2.05, 4.69) is 10.2 Å². The number of hydrogen-bond acceptors (Lipinski definition) is 5. The van der Waals surface area contributed by atoms with Gasteiger partial charge in [0.2, 0.25) is 0 Å². The molecule has 0 bridgehead atoms. The molecule has 84 valence electrons. The Labute approximate surface area is 94.9 Å². The van der Waals surface area contributed by atoms with Gasteiger partial charge in [-0.15, -0.1) is 5.10 Å². The fraction of sp³-hybridized carbons (Fsp3) is 0.125. The molecular formula is C8H6ClN3O3S. The lowest BCUT2D eigenvalue weighted by atomic mass is 10.3. The Kier molecular flexibility index (Phi) is 2.43. The third kappa shape index (κ3) is 1.79. The number of benzene rings is 1. The van der Waals surface area contributed by atoms with Crippen LogP contribution < -0.4 is 5.69 Å². The van der Waals surface area contributed by atoms with Crippen LogP contribution in [-0.4, -0.2) is 23.2 Å². The van der Waals surface area contributed by atoms with E-state index in [-0.39, 0.29) is 4.90 Å². The normalized spacial score (nSPS) is 11.9. The van der Waals surface area contributed by atoms with Crippen LogP contribution in [0.4, 0.5) is 0 Å². The van der Waals surface area contributed by atoms with Crippen LogP contribution in [0.3, 0.4) is 0 Å². The molecule has 1 aromatic heterocycles. The maximum absolute atomic E-state index is 11.2. The highest BCUT2D eigenvalue weighted by Crippen LogP contribution is 2.18. The van der Waals surface area contributed by atoms with Crippen LogP contribution in [0.2, 0.25) is 0 Å². The Bertz CT molecular complexity index is 723. The van der Waals surface area contributed by atoms with Crippen molar-refractivity contribution in [2.75, 3.05) is 0 Å². The summed E-state index contributed by atoms with van der Waals surface area (Å²) in [6, 6.07) is 4.04. The minimum Gasteiger partial charge on any atom is -0.292 e. The second-order valence-electron chi connectivity index (χ2n) is 3.13. The molecule has 1 heterocycles. The van der Waals surface area contributed by atoms with Crippen molar-refractivity contribution in [1.29, 1.82) is 0 Å². The van der Waals surface area contributed by atoms with Crippen molar-refractivity contribution in [2.45, 2.75) is 4.90 Å². The van der Waals surface area contributed by atoms with Crippen LogP contribution in [0.15, 0.2) is 27.9 Å². The van der Waals surface area contributed by atoms with Crippen molar-refractivity contribution < 1.29 is 8.42 Å². The number of hydrogen-bond donors (Lipinski definition) is 0. The molecule has 0 atom stereocenters. The number of aryl methyl sites for hydroxylation is 1. The Morgan fingerprint density at radius 2 is 2.00 bits per heavy atom. The predicted molar refractivity (Wildman–Crippen MR) is 57.8 cm³/mol. The van der Waals surface area contributed by atoms with E-state index in [4.69, 9.17) is 10.7 Å². The van der Waals surface area contributed by atoms with Gasteiger partial charge in [-0.3, -0.25) is 4.57 Å². The van der Waals surface area contributed by atoms with Crippen LogP contribution in [0, 0.1) is 0 Å². The van der Waals surface area contributed by atoms with E-state index in [9.17, 15) is 13.2 Å². The maximum atomic E-state index is 11.2. The Hall–Kier alpha value is -1.47. The van der Waals surface area contributed by atoms with Gasteiger partial charge in [-0.2, -0.15) is 0 Å². The third-order valence-corrected chi connectivity index (χ3v) is 3.47. The van der Waals surface area contributed by atoms with Crippen LogP contribution >= 0.6 is 10.7 Å². The highest BCUT2D eigenvalue weighted by molar-refractivity contribution is 8.13. The average Bonchev–Trinajstić information content (AvgIpc) is 2.22. The van der Waals surface area contributed by atoms with Crippen molar-refractivity contribution in [2.24, 2.45) is 7.05 Å². The molecule has 0 N–H and O–H groups in total. The van der Waals surface area contributed by atoms with Gasteiger partial charge < -0.3 is 0 Å². The molecule has 0 aliphatic carbocycles. The standard InChI is InChI=1S/C8H6ClN3O3S/c1-12-7-3-2-5(16(9,14)15)4-6(7)10-11-8(12)13/h2-4H,1H3. The fourth-order valence-corrected chi connectivity index (χ4v) is 2.06. The lowest BCUT2D eigenvalue weighted by Crippen LogP contribution is -2.21. The zero-order valence-corrected chi connectivity index (χ0v) is 9.66. The van der Waals surface area contributed by atoms with Gasteiger partial charge in [0.1, 0.15) is 5.52 Å². The van der Waals surface area contributed by atoms with Gasteiger partial charge in [-0.05, 0) is 18.2 Å². The van der Waals surface area contributed by atoms with E-state index < -0.39 is 14.7 Å². The topological polar surface area (TPSA) is 81.9 Å². The van der Waals surface area contributed by atoms with Gasteiger partial charge in [0, 0.05) is 17.7 Å². The van der Waals surface area contributed by atoms with Crippen LogP contribution in [0.5, 0.6) is 0 Å². The van der Waals surface area contributed by atoms with Crippen molar-refractivity contribution in [3.63, 3.8) is 0 Å². The minimum absolute atomic E-state index is 0.0744. The second kappa shape index (κ2) is 3.53. The first-order valence-electron chi connectivity index (χ1n) is 4.18. The molecule has 0 aliphatic rings. The van der Waals surface area contributed by atoms with E-state index in [0.717, 1.165) is 0 Å². The van der Waals surface area contributed by atoms with Crippen LogP contribution in [0.1, 0.15) is 0 Å². The molecule has 2 aromatic rings. The molecule has 2 rings (SSSR count). The molecule has 0 fully saturated rings. The monoisotopic (exact) mass is 259 g/mol. The molecule has 16 heavy (non-hydrogen) atoms. The van der Waals surface area contributed by atoms with Gasteiger partial charge in [0.25, 0.3) is 9.05 Å². The maximum Gasteiger partial charge on any atom is 0.366 e. The number of halogens is 1. The summed E-state index contributed by atoms with van der Waals surface area (Å²) in [5.74, 6) is 0. The Morgan fingerprint density at radius 1 is 1.31 bits per heavy atom. The quantitative estimate of drug-likeness (QED) is 0.686. The largest absolute Gasteiger partial charge is 0.366 e. The van der Waals surface area contributed by atoms with Crippen molar-refractivity contribution in [1.82, 2.24) is 14.8 Å². The number of fused-ring (bicyclic) bond motifs is 1. The number of aromatic nitrogens is 3. The fourth-order valence-electron chi connectivity index (χ4n) is 1.29. The number of nitrogens with zero attached hydrogens (tertiary/aromatic N) is 3. The SMILES string of the molecule is Cn1c(=O)nnc2cc(S(=O)(=O)Cl)ccc21. The van der Waals surface area contributed by atoms with Gasteiger partial charge in [-0.25, -0.2) is 13.2 Å². The highest BCUT2D eigenvalue weighted by atomic mass is 35.7. The van der Waals surface area contributed by atoms with E-state index in [0.29, 0.717) is 11.0 Å². The minimum atomic E-state index is -3.80. The molecular weight excluding hydrogens is 254 g/mol. The molecule has 0 spiro atoms. The summed E-state index contributed by atoms with van der Waals surface area (Å²) in [5, 5.41) is 6.96. The summed E-state index contributed by atoms with van der Waals surface area (Å²) in [5.41, 5.74) is 0.280. The first-order valence-corrected chi connectivity index (χ1v) is 6.48. The van der Waals surface area contributed by atoms with Gasteiger partial charge in [-0.1, -0.05) is 5.10 Å². The smallest absolute Gasteiger partial charge is 0.292 e. The van der Waals surface area contributed by atoms with Crippen LogP contribution in [0.25, 0.3) is 11.0 Å². The first-order chi connectivity index (χ1) is 7.39. The van der Waals surface area contributed by atoms with E-state index >= 15 is 0 Å². The average molecular weight is 260 g/mol. The van der Waals surface area contributed by atoms with Crippen molar-refractivity contribution >= 4 is 30.8 Å². The molecule has 0 saturated carbocycles. The summed E-state index contributed by atoms with van der Waals surface area (Å²) in [6.45, 7) is 0. The van der Waals surface area contributed by atoms with E-state index in [1.54, 1.807) is 0 Å². The Balaban J connectivity index is 2.85. The summed E-state index contributed by atoms with van der Waals surface area (Å²) in [4.78, 5) is 11.1. The Morgan fingerprint density at radius 3 is 2.62 bits per heavy atom. The first kappa shape index (κ1) is 11.0. The summed E-state index contributed by atoms with van der Waals surface area (Å²) < 4.78 is 23.4. The lowest BCUT2D eigenvalue weighted by Gasteiger charge is -2.02. The molecule has 0 radical (unpaired) electrons. The van der Waals surface area contributed by atoms with Crippen LogP contribution in [-0.2, 0) is 16.1 Å². The van der Waals surface area contributed by atoms with Gasteiger partial charge in [0.15, 0.2) is 0 Å². The molecule has 0 saturated heterocycles. The summed E-state index contributed by atoms with van der Waals surface area (Å²) in [6.07, 6.45) is 0. The zero-order chi connectivity index (χ0) is 11.9. The molecule has 0 unspecified atom stereocenters. The lowest BCUT2D eigenvalue weighted by molar-refractivity contribution is 0.609.